The van der Waals surface area contributed by atoms with Gasteiger partial charge in [-0.15, -0.1) is 0 Å². The molecule has 162 valence electrons. The molecule has 0 radical (unpaired) electrons. The van der Waals surface area contributed by atoms with E-state index in [4.69, 9.17) is 14.2 Å². The molecule has 0 heterocycles. The molecule has 32 heavy (non-hydrogen) atoms. The maximum atomic E-state index is 5.46. The molecular formula is C28H28O3P+. The lowest BCUT2D eigenvalue weighted by Crippen LogP contribution is -2.39. The zero-order valence-electron chi connectivity index (χ0n) is 18.9. The number of benzene rings is 4. The van der Waals surface area contributed by atoms with E-state index in [1.807, 2.05) is 0 Å². The van der Waals surface area contributed by atoms with Crippen molar-refractivity contribution in [1.29, 1.82) is 0 Å². The van der Waals surface area contributed by atoms with Crippen LogP contribution in [0, 0.1) is 6.92 Å². The summed E-state index contributed by atoms with van der Waals surface area (Å²) in [5.74, 6) is 2.54. The third-order valence-electron chi connectivity index (χ3n) is 5.86. The average Bonchev–Trinajstić information content (AvgIpc) is 2.86. The Kier molecular flexibility index (Phi) is 6.48. The molecule has 4 rings (SSSR count). The van der Waals surface area contributed by atoms with Crippen LogP contribution in [0.3, 0.4) is 0 Å². The van der Waals surface area contributed by atoms with E-state index in [1.165, 1.54) is 26.8 Å². The number of hydrogen-bond acceptors (Lipinski definition) is 3. The van der Waals surface area contributed by atoms with E-state index >= 15 is 0 Å². The monoisotopic (exact) mass is 443 g/mol. The van der Waals surface area contributed by atoms with Crippen LogP contribution in [0.25, 0.3) is 0 Å². The third-order valence-corrected chi connectivity index (χ3v) is 10.3. The minimum Gasteiger partial charge on any atom is -0.497 e. The average molecular weight is 444 g/mol. The molecule has 0 unspecified atom stereocenters. The molecule has 0 spiro atoms. The number of ether oxygens (including phenoxy) is 3. The first-order valence-corrected chi connectivity index (χ1v) is 12.3. The van der Waals surface area contributed by atoms with Crippen LogP contribution in [0.2, 0.25) is 0 Å². The van der Waals surface area contributed by atoms with Crippen LogP contribution in [0.15, 0.2) is 97.1 Å². The molecular weight excluding hydrogens is 415 g/mol. The van der Waals surface area contributed by atoms with Crippen LogP contribution in [-0.4, -0.2) is 21.3 Å². The highest BCUT2D eigenvalue weighted by atomic mass is 31.2. The van der Waals surface area contributed by atoms with Gasteiger partial charge in [0.25, 0.3) is 0 Å². The highest BCUT2D eigenvalue weighted by Gasteiger charge is 2.48. The molecule has 0 aliphatic rings. The molecule has 4 aromatic carbocycles. The second-order valence-electron chi connectivity index (χ2n) is 7.55. The van der Waals surface area contributed by atoms with E-state index in [-0.39, 0.29) is 0 Å². The molecule has 0 aliphatic carbocycles. The van der Waals surface area contributed by atoms with E-state index in [0.29, 0.717) is 0 Å². The molecule has 0 bridgehead atoms. The van der Waals surface area contributed by atoms with Gasteiger partial charge in [-0.25, -0.2) is 0 Å². The Morgan fingerprint density at radius 1 is 0.469 bits per heavy atom. The van der Waals surface area contributed by atoms with E-state index in [1.54, 1.807) is 21.3 Å². The lowest BCUT2D eigenvalue weighted by atomic mass is 10.2. The van der Waals surface area contributed by atoms with Gasteiger partial charge < -0.3 is 14.2 Å². The zero-order valence-corrected chi connectivity index (χ0v) is 19.8. The molecule has 0 aliphatic heterocycles. The first-order valence-electron chi connectivity index (χ1n) is 10.5. The lowest BCUT2D eigenvalue weighted by Gasteiger charge is -2.29. The molecule has 0 amide bonds. The van der Waals surface area contributed by atoms with Crippen molar-refractivity contribution in [3.05, 3.63) is 103 Å². The SMILES string of the molecule is COc1ccc([P+](c2ccc(OC)cc2)(c2ccc(OC)cc2)c2ccccc2C)cc1. The molecule has 4 heteroatoms. The zero-order chi connectivity index (χ0) is 22.6. The molecule has 0 saturated heterocycles. The van der Waals surface area contributed by atoms with Crippen LogP contribution < -0.4 is 35.4 Å². The number of aryl methyl sites for hydroxylation is 1. The number of hydrogen-bond donors (Lipinski definition) is 0. The van der Waals surface area contributed by atoms with Gasteiger partial charge in [0.15, 0.2) is 0 Å². The fourth-order valence-electron chi connectivity index (χ4n) is 4.22. The van der Waals surface area contributed by atoms with E-state index in [2.05, 4.69) is 104 Å². The largest absolute Gasteiger partial charge is 0.497 e. The van der Waals surface area contributed by atoms with Crippen molar-refractivity contribution >= 4 is 28.5 Å². The lowest BCUT2D eigenvalue weighted by molar-refractivity contribution is 0.415. The van der Waals surface area contributed by atoms with Crippen molar-refractivity contribution < 1.29 is 14.2 Å². The molecule has 4 aromatic rings. The first kappa shape index (κ1) is 21.9. The Labute approximate surface area is 190 Å². The summed E-state index contributed by atoms with van der Waals surface area (Å²) in [4.78, 5) is 0. The van der Waals surface area contributed by atoms with Gasteiger partial charge in [-0.2, -0.15) is 0 Å². The summed E-state index contributed by atoms with van der Waals surface area (Å²) in [5.41, 5.74) is 1.27. The van der Waals surface area contributed by atoms with Gasteiger partial charge in [-0.1, -0.05) is 18.2 Å². The van der Waals surface area contributed by atoms with Crippen LogP contribution >= 0.6 is 7.26 Å². The molecule has 0 aromatic heterocycles. The Morgan fingerprint density at radius 2 is 0.812 bits per heavy atom. The Bertz CT molecular complexity index is 1050. The third kappa shape index (κ3) is 3.85. The number of methoxy groups -OCH3 is 3. The van der Waals surface area contributed by atoms with Gasteiger partial charge >= 0.3 is 0 Å². The van der Waals surface area contributed by atoms with Gasteiger partial charge in [-0.05, 0) is 91.3 Å². The predicted octanol–water partition coefficient (Wildman–Crippen LogP) is 4.64. The summed E-state index contributed by atoms with van der Waals surface area (Å²) in [6.45, 7) is 2.20. The van der Waals surface area contributed by atoms with Gasteiger partial charge in [0.05, 0.1) is 21.3 Å². The second-order valence-corrected chi connectivity index (χ2v) is 10.9. The van der Waals surface area contributed by atoms with Gasteiger partial charge in [0.2, 0.25) is 0 Å². The topological polar surface area (TPSA) is 27.7 Å². The minimum absolute atomic E-state index is 0.848. The van der Waals surface area contributed by atoms with Crippen LogP contribution in [0.1, 0.15) is 5.56 Å². The molecule has 3 nitrogen and oxygen atoms in total. The van der Waals surface area contributed by atoms with E-state index in [9.17, 15) is 0 Å². The van der Waals surface area contributed by atoms with Crippen molar-refractivity contribution in [1.82, 2.24) is 0 Å². The smallest absolute Gasteiger partial charge is 0.144 e. The summed E-state index contributed by atoms with van der Waals surface area (Å²) in [6, 6.07) is 34.2. The Hall–Kier alpha value is -3.29. The van der Waals surface area contributed by atoms with Crippen LogP contribution in [-0.2, 0) is 0 Å². The first-order chi connectivity index (χ1) is 15.6. The van der Waals surface area contributed by atoms with Crippen molar-refractivity contribution in [2.45, 2.75) is 6.92 Å². The van der Waals surface area contributed by atoms with Crippen molar-refractivity contribution in [3.8, 4) is 17.2 Å². The normalized spacial score (nSPS) is 11.1. The summed E-state index contributed by atoms with van der Waals surface area (Å²) in [6.07, 6.45) is 0. The minimum atomic E-state index is -2.20. The molecule has 0 atom stereocenters. The summed E-state index contributed by atoms with van der Waals surface area (Å²) in [5, 5.41) is 5.13. The highest BCUT2D eigenvalue weighted by Crippen LogP contribution is 2.55. The van der Waals surface area contributed by atoms with Crippen LogP contribution in [0.5, 0.6) is 17.2 Å². The maximum Gasteiger partial charge on any atom is 0.144 e. The van der Waals surface area contributed by atoms with Crippen LogP contribution in [0.4, 0.5) is 0 Å². The van der Waals surface area contributed by atoms with E-state index < -0.39 is 7.26 Å². The van der Waals surface area contributed by atoms with Crippen molar-refractivity contribution in [2.24, 2.45) is 0 Å². The summed E-state index contributed by atoms with van der Waals surface area (Å²) >= 11 is 0. The van der Waals surface area contributed by atoms with Gasteiger partial charge in [0.1, 0.15) is 45.7 Å². The Balaban J connectivity index is 2.10. The fourth-order valence-corrected chi connectivity index (χ4v) is 8.65. The molecule has 0 fully saturated rings. The van der Waals surface area contributed by atoms with Crippen molar-refractivity contribution in [3.63, 3.8) is 0 Å². The highest BCUT2D eigenvalue weighted by molar-refractivity contribution is 8.01. The van der Waals surface area contributed by atoms with Crippen molar-refractivity contribution in [2.75, 3.05) is 21.3 Å². The maximum absolute atomic E-state index is 5.46. The predicted molar refractivity (Wildman–Crippen MR) is 136 cm³/mol. The van der Waals surface area contributed by atoms with Gasteiger partial charge in [0, 0.05) is 0 Å². The molecule has 0 saturated carbocycles. The van der Waals surface area contributed by atoms with E-state index in [0.717, 1.165) is 17.2 Å². The number of rotatable bonds is 7. The summed E-state index contributed by atoms with van der Waals surface area (Å²) in [7, 11) is 2.90. The fraction of sp³-hybridized carbons (Fsp3) is 0.143. The molecule has 0 N–H and O–H groups in total. The quantitative estimate of drug-likeness (QED) is 0.390. The standard InChI is InChI=1S/C28H28O3P/c1-21-7-5-6-8-28(21)32(25-15-9-22(29-2)10-16-25,26-17-11-23(30-3)12-18-26)27-19-13-24(31-4)14-20-27/h5-20H,1-4H3/q+1. The Morgan fingerprint density at radius 3 is 1.12 bits per heavy atom. The summed E-state index contributed by atoms with van der Waals surface area (Å²) < 4.78 is 16.4. The van der Waals surface area contributed by atoms with Gasteiger partial charge in [-0.3, -0.25) is 0 Å². The second kappa shape index (κ2) is 9.46.